The summed E-state index contributed by atoms with van der Waals surface area (Å²) in [6, 6.07) is 7.08. The Balaban J connectivity index is 1.95. The van der Waals surface area contributed by atoms with E-state index in [0.717, 1.165) is 16.6 Å². The van der Waals surface area contributed by atoms with Gasteiger partial charge in [0.25, 0.3) is 0 Å². The maximum absolute atomic E-state index is 5.57. The van der Waals surface area contributed by atoms with Crippen molar-refractivity contribution in [3.63, 3.8) is 0 Å². The predicted octanol–water partition coefficient (Wildman–Crippen LogP) is 4.37. The Bertz CT molecular complexity index is 667. The molecule has 2 fully saturated rings. The molecular formula is C15H18N2S. The summed E-state index contributed by atoms with van der Waals surface area (Å²) in [6.07, 6.45) is 5.59. The number of imidazole rings is 1. The summed E-state index contributed by atoms with van der Waals surface area (Å²) in [4.78, 5) is 3.38. The molecular weight excluding hydrogens is 240 g/mol. The second-order valence-corrected chi connectivity index (χ2v) is 6.40. The van der Waals surface area contributed by atoms with E-state index in [0.29, 0.717) is 6.04 Å². The van der Waals surface area contributed by atoms with Crippen LogP contribution in [0.15, 0.2) is 18.2 Å². The second-order valence-electron chi connectivity index (χ2n) is 6.01. The molecule has 0 radical (unpaired) electrons. The van der Waals surface area contributed by atoms with E-state index in [1.54, 1.807) is 0 Å². The summed E-state index contributed by atoms with van der Waals surface area (Å²) in [5.41, 5.74) is 3.87. The Morgan fingerprint density at radius 1 is 1.28 bits per heavy atom. The normalized spacial score (nSPS) is 30.4. The van der Waals surface area contributed by atoms with Crippen molar-refractivity contribution in [3.8, 4) is 0 Å². The average molecular weight is 258 g/mol. The van der Waals surface area contributed by atoms with Gasteiger partial charge in [-0.05, 0) is 61.9 Å². The summed E-state index contributed by atoms with van der Waals surface area (Å²) in [5, 5.41) is 0. The average Bonchev–Trinajstić information content (AvgIpc) is 3.01. The molecule has 3 heteroatoms. The number of aromatic nitrogens is 2. The number of nitrogens with one attached hydrogen (secondary N) is 1. The predicted molar refractivity (Wildman–Crippen MR) is 76.3 cm³/mol. The van der Waals surface area contributed by atoms with E-state index in [4.69, 9.17) is 12.2 Å². The molecule has 3 unspecified atom stereocenters. The van der Waals surface area contributed by atoms with Crippen LogP contribution in [0.1, 0.15) is 37.3 Å². The van der Waals surface area contributed by atoms with Gasteiger partial charge in [0.2, 0.25) is 0 Å². The molecule has 1 heterocycles. The van der Waals surface area contributed by atoms with E-state index in [9.17, 15) is 0 Å². The van der Waals surface area contributed by atoms with Crippen LogP contribution >= 0.6 is 12.2 Å². The highest BCUT2D eigenvalue weighted by atomic mass is 32.1. The van der Waals surface area contributed by atoms with Crippen LogP contribution in [0.4, 0.5) is 0 Å². The first-order valence-corrected chi connectivity index (χ1v) is 7.34. The highest BCUT2D eigenvalue weighted by Crippen LogP contribution is 2.51. The van der Waals surface area contributed by atoms with Crippen molar-refractivity contribution in [1.29, 1.82) is 0 Å². The minimum atomic E-state index is 0.645. The quantitative estimate of drug-likeness (QED) is 0.753. The van der Waals surface area contributed by atoms with Crippen LogP contribution in [0.25, 0.3) is 11.0 Å². The largest absolute Gasteiger partial charge is 0.331 e. The number of benzene rings is 1. The van der Waals surface area contributed by atoms with Gasteiger partial charge in [0, 0.05) is 6.04 Å². The van der Waals surface area contributed by atoms with E-state index in [2.05, 4.69) is 34.7 Å². The van der Waals surface area contributed by atoms with Gasteiger partial charge in [-0.2, -0.15) is 0 Å². The molecule has 1 aromatic heterocycles. The zero-order chi connectivity index (χ0) is 12.3. The van der Waals surface area contributed by atoms with Crippen molar-refractivity contribution in [2.45, 2.75) is 38.6 Å². The van der Waals surface area contributed by atoms with E-state index >= 15 is 0 Å². The van der Waals surface area contributed by atoms with Gasteiger partial charge >= 0.3 is 0 Å². The first-order valence-electron chi connectivity index (χ1n) is 6.94. The lowest BCUT2D eigenvalue weighted by atomic mass is 9.95. The lowest BCUT2D eigenvalue weighted by molar-refractivity contribution is 0.333. The van der Waals surface area contributed by atoms with Gasteiger partial charge in [-0.25, -0.2) is 0 Å². The molecule has 0 spiro atoms. The first-order chi connectivity index (χ1) is 8.74. The van der Waals surface area contributed by atoms with Crippen molar-refractivity contribution in [2.75, 3.05) is 0 Å². The van der Waals surface area contributed by atoms with Crippen LogP contribution in [0, 0.1) is 23.5 Å². The maximum Gasteiger partial charge on any atom is 0.178 e. The zero-order valence-electron chi connectivity index (χ0n) is 10.6. The fourth-order valence-electron chi connectivity index (χ4n) is 4.20. The molecule has 2 bridgehead atoms. The molecule has 1 N–H and O–H groups in total. The van der Waals surface area contributed by atoms with E-state index in [1.807, 2.05) is 0 Å². The van der Waals surface area contributed by atoms with Crippen molar-refractivity contribution in [1.82, 2.24) is 9.55 Å². The third-order valence-corrected chi connectivity index (χ3v) is 5.27. The van der Waals surface area contributed by atoms with Crippen LogP contribution in [-0.2, 0) is 0 Å². The van der Waals surface area contributed by atoms with Gasteiger partial charge in [-0.15, -0.1) is 0 Å². The number of hydrogen-bond donors (Lipinski definition) is 1. The Morgan fingerprint density at radius 2 is 2.17 bits per heavy atom. The number of aromatic amines is 1. The topological polar surface area (TPSA) is 20.7 Å². The fourth-order valence-corrected chi connectivity index (χ4v) is 4.54. The lowest BCUT2D eigenvalue weighted by Crippen LogP contribution is -2.16. The molecule has 2 saturated carbocycles. The molecule has 2 aliphatic rings. The lowest BCUT2D eigenvalue weighted by Gasteiger charge is -2.24. The third-order valence-electron chi connectivity index (χ3n) is 4.97. The van der Waals surface area contributed by atoms with Crippen molar-refractivity contribution in [3.05, 3.63) is 28.5 Å². The molecule has 94 valence electrons. The van der Waals surface area contributed by atoms with Gasteiger partial charge in [0.05, 0.1) is 11.0 Å². The fraction of sp³-hybridized carbons (Fsp3) is 0.533. The van der Waals surface area contributed by atoms with Crippen molar-refractivity contribution < 1.29 is 0 Å². The molecule has 2 aliphatic carbocycles. The van der Waals surface area contributed by atoms with Crippen LogP contribution < -0.4 is 0 Å². The highest BCUT2D eigenvalue weighted by molar-refractivity contribution is 7.71. The maximum atomic E-state index is 5.57. The first kappa shape index (κ1) is 10.8. The Kier molecular flexibility index (Phi) is 2.22. The summed E-state index contributed by atoms with van der Waals surface area (Å²) in [5.74, 6) is 1.82. The number of rotatable bonds is 1. The van der Waals surface area contributed by atoms with Crippen molar-refractivity contribution in [2.24, 2.45) is 11.8 Å². The smallest absolute Gasteiger partial charge is 0.178 e. The van der Waals surface area contributed by atoms with E-state index in [-0.39, 0.29) is 0 Å². The molecule has 2 nitrogen and oxygen atoms in total. The minimum absolute atomic E-state index is 0.645. The molecule has 1 aromatic carbocycles. The summed E-state index contributed by atoms with van der Waals surface area (Å²) >= 11 is 5.57. The summed E-state index contributed by atoms with van der Waals surface area (Å²) < 4.78 is 3.33. The van der Waals surface area contributed by atoms with E-state index in [1.165, 1.54) is 42.3 Å². The minimum Gasteiger partial charge on any atom is -0.331 e. The summed E-state index contributed by atoms with van der Waals surface area (Å²) in [7, 11) is 0. The van der Waals surface area contributed by atoms with Gasteiger partial charge in [0.15, 0.2) is 4.77 Å². The monoisotopic (exact) mass is 258 g/mol. The molecule has 18 heavy (non-hydrogen) atoms. The van der Waals surface area contributed by atoms with Crippen molar-refractivity contribution >= 4 is 23.3 Å². The molecule has 4 rings (SSSR count). The highest BCUT2D eigenvalue weighted by Gasteiger charge is 2.41. The number of nitrogens with zero attached hydrogens (tertiary/aromatic N) is 1. The van der Waals surface area contributed by atoms with Crippen LogP contribution in [-0.4, -0.2) is 9.55 Å². The SMILES string of the molecule is Cc1cccc2[nH]c(=S)n(C3CC4CCC3C4)c12. The Labute approximate surface area is 112 Å². The standard InChI is InChI=1S/C15H18N2S/c1-9-3-2-4-12-14(9)17(15(18)16-12)13-8-10-5-6-11(13)7-10/h2-4,10-11,13H,5-8H2,1H3,(H,16,18). The number of aryl methyl sites for hydroxylation is 1. The van der Waals surface area contributed by atoms with Crippen LogP contribution in [0.3, 0.4) is 0 Å². The van der Waals surface area contributed by atoms with Gasteiger partial charge in [0.1, 0.15) is 0 Å². The van der Waals surface area contributed by atoms with Crippen LogP contribution in [0.2, 0.25) is 0 Å². The number of fused-ring (bicyclic) bond motifs is 3. The third kappa shape index (κ3) is 1.37. The molecule has 2 aromatic rings. The van der Waals surface area contributed by atoms with Gasteiger partial charge < -0.3 is 9.55 Å². The molecule has 0 saturated heterocycles. The molecule has 0 amide bonds. The Hall–Kier alpha value is -1.09. The van der Waals surface area contributed by atoms with Gasteiger partial charge in [-0.1, -0.05) is 18.6 Å². The number of para-hydroxylation sites is 1. The van der Waals surface area contributed by atoms with Crippen LogP contribution in [0.5, 0.6) is 0 Å². The molecule has 0 aliphatic heterocycles. The van der Waals surface area contributed by atoms with E-state index < -0.39 is 0 Å². The number of hydrogen-bond acceptors (Lipinski definition) is 1. The summed E-state index contributed by atoms with van der Waals surface area (Å²) in [6.45, 7) is 2.19. The zero-order valence-corrected chi connectivity index (χ0v) is 11.5. The van der Waals surface area contributed by atoms with Gasteiger partial charge in [-0.3, -0.25) is 0 Å². The molecule has 3 atom stereocenters. The second kappa shape index (κ2) is 3.70. The Morgan fingerprint density at radius 3 is 2.89 bits per heavy atom. The number of H-pyrrole nitrogens is 1.